The fraction of sp³-hybridized carbons (Fsp3) is 0.105. The maximum atomic E-state index is 14.7. The van der Waals surface area contributed by atoms with E-state index in [2.05, 4.69) is 14.8 Å². The Kier molecular flexibility index (Phi) is 6.48. The zero-order valence-corrected chi connectivity index (χ0v) is 15.3. The van der Waals surface area contributed by atoms with Crippen LogP contribution in [0.1, 0.15) is 22.3 Å². The van der Waals surface area contributed by atoms with Gasteiger partial charge in [-0.1, -0.05) is 0 Å². The van der Waals surface area contributed by atoms with E-state index in [1.54, 1.807) is 0 Å². The number of benzene rings is 2. The normalized spacial score (nSPS) is 11.8. The van der Waals surface area contributed by atoms with Crippen LogP contribution in [0.5, 0.6) is 17.2 Å². The largest absolute Gasteiger partial charge is 0.456 e. The monoisotopic (exact) mass is 441 g/mol. The van der Waals surface area contributed by atoms with Crippen LogP contribution in [0.15, 0.2) is 59.9 Å². The lowest BCUT2D eigenvalue weighted by atomic mass is 10.1. The Morgan fingerprint density at radius 2 is 1.71 bits per heavy atom. The molecule has 3 aromatic rings. The molecule has 1 amide bonds. The molecule has 0 aliphatic carbocycles. The van der Waals surface area contributed by atoms with Gasteiger partial charge in [0.25, 0.3) is 12.3 Å². The number of rotatable bonds is 6. The first-order chi connectivity index (χ1) is 14.7. The highest BCUT2D eigenvalue weighted by Gasteiger charge is 2.25. The van der Waals surface area contributed by atoms with Crippen LogP contribution in [0.4, 0.5) is 22.0 Å². The minimum absolute atomic E-state index is 0.0115. The van der Waals surface area contributed by atoms with Gasteiger partial charge in [0.1, 0.15) is 28.6 Å². The molecule has 0 aliphatic rings. The SMILES string of the molecule is O=C(N=c1ccn(O)nc1)c1c(Oc2ccc(OC(F)F)cc2)ccc(C(F)F)c1F. The summed E-state index contributed by atoms with van der Waals surface area (Å²) in [6, 6.07) is 7.54. The summed E-state index contributed by atoms with van der Waals surface area (Å²) in [5.74, 6) is -3.39. The topological polar surface area (TPSA) is 85.9 Å². The second-order valence-electron chi connectivity index (χ2n) is 5.82. The molecule has 3 rings (SSSR count). The molecule has 0 fully saturated rings. The summed E-state index contributed by atoms with van der Waals surface area (Å²) in [6.45, 7) is -3.04. The van der Waals surface area contributed by atoms with E-state index < -0.39 is 41.6 Å². The van der Waals surface area contributed by atoms with Crippen molar-refractivity contribution in [3.8, 4) is 17.2 Å². The number of carbonyl (C=O) groups is 1. The van der Waals surface area contributed by atoms with Gasteiger partial charge < -0.3 is 14.7 Å². The van der Waals surface area contributed by atoms with Crippen LogP contribution < -0.4 is 14.8 Å². The van der Waals surface area contributed by atoms with E-state index in [0.29, 0.717) is 4.85 Å². The van der Waals surface area contributed by atoms with Crippen molar-refractivity contribution in [2.45, 2.75) is 13.0 Å². The molecule has 2 aromatic carbocycles. The van der Waals surface area contributed by atoms with Gasteiger partial charge in [0.2, 0.25) is 0 Å². The summed E-state index contributed by atoms with van der Waals surface area (Å²) in [5.41, 5.74) is -1.91. The quantitative estimate of drug-likeness (QED) is 0.455. The molecule has 7 nitrogen and oxygen atoms in total. The molecule has 0 saturated heterocycles. The highest BCUT2D eigenvalue weighted by molar-refractivity contribution is 5.98. The molecule has 162 valence electrons. The van der Waals surface area contributed by atoms with Crippen LogP contribution >= 0.6 is 0 Å². The van der Waals surface area contributed by atoms with Crippen LogP contribution in [0.25, 0.3) is 0 Å². The maximum Gasteiger partial charge on any atom is 0.387 e. The molecule has 0 atom stereocenters. The van der Waals surface area contributed by atoms with E-state index in [9.17, 15) is 26.7 Å². The highest BCUT2D eigenvalue weighted by Crippen LogP contribution is 2.34. The second kappa shape index (κ2) is 9.24. The predicted molar refractivity (Wildman–Crippen MR) is 93.8 cm³/mol. The smallest absolute Gasteiger partial charge is 0.387 e. The van der Waals surface area contributed by atoms with Crippen LogP contribution in [0.2, 0.25) is 0 Å². The van der Waals surface area contributed by atoms with Crippen molar-refractivity contribution in [1.29, 1.82) is 0 Å². The van der Waals surface area contributed by atoms with Crippen molar-refractivity contribution < 1.29 is 41.4 Å². The number of carbonyl (C=O) groups excluding carboxylic acids is 1. The van der Waals surface area contributed by atoms with Crippen molar-refractivity contribution >= 4 is 5.91 Å². The van der Waals surface area contributed by atoms with Gasteiger partial charge in [-0.25, -0.2) is 18.2 Å². The number of halogens is 5. The van der Waals surface area contributed by atoms with Crippen LogP contribution in [0.3, 0.4) is 0 Å². The Bertz CT molecular complexity index is 1130. The predicted octanol–water partition coefficient (Wildman–Crippen LogP) is 4.33. The molecule has 1 N–H and O–H groups in total. The first kappa shape index (κ1) is 21.7. The Balaban J connectivity index is 2.00. The van der Waals surface area contributed by atoms with Crippen molar-refractivity contribution in [3.63, 3.8) is 0 Å². The van der Waals surface area contributed by atoms with Gasteiger partial charge >= 0.3 is 6.61 Å². The maximum absolute atomic E-state index is 14.7. The van der Waals surface area contributed by atoms with Crippen molar-refractivity contribution in [3.05, 3.63) is 77.2 Å². The van der Waals surface area contributed by atoms with Crippen molar-refractivity contribution in [2.24, 2.45) is 4.99 Å². The number of hydrogen-bond donors (Lipinski definition) is 1. The average molecular weight is 441 g/mol. The summed E-state index contributed by atoms with van der Waals surface area (Å²) in [5, 5.41) is 12.4. The van der Waals surface area contributed by atoms with Gasteiger partial charge in [0, 0.05) is 0 Å². The zero-order valence-electron chi connectivity index (χ0n) is 15.3. The van der Waals surface area contributed by atoms with E-state index in [4.69, 9.17) is 9.94 Å². The number of amides is 1. The number of ether oxygens (including phenoxy) is 2. The van der Waals surface area contributed by atoms with Crippen LogP contribution in [-0.4, -0.2) is 27.7 Å². The van der Waals surface area contributed by atoms with Crippen LogP contribution in [0, 0.1) is 5.82 Å². The van der Waals surface area contributed by atoms with E-state index in [1.165, 1.54) is 18.2 Å². The third-order valence-corrected chi connectivity index (χ3v) is 3.78. The van der Waals surface area contributed by atoms with Gasteiger partial charge in [-0.15, -0.1) is 9.94 Å². The lowest BCUT2D eigenvalue weighted by Crippen LogP contribution is -2.13. The Labute approximate surface area is 170 Å². The highest BCUT2D eigenvalue weighted by atomic mass is 19.3. The molecule has 1 heterocycles. The number of alkyl halides is 4. The number of aromatic nitrogens is 2. The van der Waals surface area contributed by atoms with Crippen molar-refractivity contribution in [2.75, 3.05) is 0 Å². The fourth-order valence-electron chi connectivity index (χ4n) is 2.43. The van der Waals surface area contributed by atoms with E-state index in [1.807, 2.05) is 0 Å². The Morgan fingerprint density at radius 3 is 2.29 bits per heavy atom. The fourth-order valence-corrected chi connectivity index (χ4v) is 2.43. The summed E-state index contributed by atoms with van der Waals surface area (Å²) in [6.07, 6.45) is -1.19. The molecule has 31 heavy (non-hydrogen) atoms. The molecule has 12 heteroatoms. The standard InChI is InChI=1S/C19H12F5N3O4/c20-16-13(17(21)22)5-6-14(30-11-1-3-12(4-2-11)31-19(23)24)15(16)18(28)26-10-7-8-27(29)25-9-10/h1-9,17,19,29H. The number of hydrogen-bond acceptors (Lipinski definition) is 5. The Morgan fingerprint density at radius 1 is 1.03 bits per heavy atom. The first-order valence-electron chi connectivity index (χ1n) is 8.41. The number of nitrogens with zero attached hydrogens (tertiary/aromatic N) is 3. The first-order valence-corrected chi connectivity index (χ1v) is 8.41. The van der Waals surface area contributed by atoms with E-state index >= 15 is 0 Å². The molecular formula is C19H12F5N3O4. The lowest BCUT2D eigenvalue weighted by Gasteiger charge is -2.13. The van der Waals surface area contributed by atoms with Crippen molar-refractivity contribution in [1.82, 2.24) is 9.94 Å². The second-order valence-corrected chi connectivity index (χ2v) is 5.82. The van der Waals surface area contributed by atoms with Gasteiger partial charge in [0.05, 0.1) is 23.3 Å². The lowest BCUT2D eigenvalue weighted by molar-refractivity contribution is -0.0498. The summed E-state index contributed by atoms with van der Waals surface area (Å²) in [7, 11) is 0. The zero-order chi connectivity index (χ0) is 22.5. The molecule has 1 aromatic heterocycles. The van der Waals surface area contributed by atoms with Crippen LogP contribution in [-0.2, 0) is 0 Å². The minimum atomic E-state index is -3.21. The molecule has 0 unspecified atom stereocenters. The molecule has 0 spiro atoms. The third-order valence-electron chi connectivity index (χ3n) is 3.78. The van der Waals surface area contributed by atoms with Gasteiger partial charge in [0.15, 0.2) is 0 Å². The van der Waals surface area contributed by atoms with E-state index in [-0.39, 0.29) is 16.9 Å². The molecule has 0 saturated carbocycles. The van der Waals surface area contributed by atoms with E-state index in [0.717, 1.165) is 36.7 Å². The summed E-state index contributed by atoms with van der Waals surface area (Å²) in [4.78, 5) is 16.6. The molecular weight excluding hydrogens is 429 g/mol. The van der Waals surface area contributed by atoms with Gasteiger partial charge in [-0.3, -0.25) is 4.79 Å². The summed E-state index contributed by atoms with van der Waals surface area (Å²) < 4.78 is 75.0. The Hall–Kier alpha value is -3.96. The minimum Gasteiger partial charge on any atom is -0.456 e. The molecule has 0 aliphatic heterocycles. The molecule has 0 bridgehead atoms. The average Bonchev–Trinajstić information content (AvgIpc) is 2.70. The van der Waals surface area contributed by atoms with Gasteiger partial charge in [-0.2, -0.15) is 8.78 Å². The molecule has 0 radical (unpaired) electrons. The van der Waals surface area contributed by atoms with Gasteiger partial charge in [-0.05, 0) is 42.5 Å². The third kappa shape index (κ3) is 5.35. The summed E-state index contributed by atoms with van der Waals surface area (Å²) >= 11 is 0.